The molecule has 7 heteroatoms. The van der Waals surface area contributed by atoms with Gasteiger partial charge in [-0.2, -0.15) is 0 Å². The van der Waals surface area contributed by atoms with Crippen LogP contribution in [0.25, 0.3) is 0 Å². The van der Waals surface area contributed by atoms with Gasteiger partial charge in [0.25, 0.3) is 0 Å². The van der Waals surface area contributed by atoms with E-state index in [1.165, 1.54) is 18.2 Å². The van der Waals surface area contributed by atoms with E-state index in [-0.39, 0.29) is 25.3 Å². The molecule has 138 valence electrons. The number of amides is 2. The van der Waals surface area contributed by atoms with Gasteiger partial charge in [-0.15, -0.1) is 0 Å². The van der Waals surface area contributed by atoms with Gasteiger partial charge in [0.15, 0.2) is 5.78 Å². The Morgan fingerprint density at radius 3 is 2.56 bits per heavy atom. The molecule has 1 aromatic rings. The molecular formula is C18H25FN2O4. The first-order valence-corrected chi connectivity index (χ1v) is 8.26. The van der Waals surface area contributed by atoms with Crippen LogP contribution < -0.4 is 10.6 Å². The van der Waals surface area contributed by atoms with E-state index in [0.717, 1.165) is 0 Å². The molecule has 3 N–H and O–H groups in total. The molecule has 2 amide bonds. The van der Waals surface area contributed by atoms with Crippen LogP contribution in [0.5, 0.6) is 0 Å². The van der Waals surface area contributed by atoms with Crippen molar-refractivity contribution in [1.82, 2.24) is 10.6 Å². The third kappa shape index (κ3) is 8.39. The van der Waals surface area contributed by atoms with Gasteiger partial charge in [0.2, 0.25) is 11.8 Å². The molecule has 0 aliphatic heterocycles. The molecule has 1 rings (SSSR count). The van der Waals surface area contributed by atoms with E-state index in [9.17, 15) is 18.8 Å². The molecule has 0 heterocycles. The van der Waals surface area contributed by atoms with E-state index in [1.54, 1.807) is 6.07 Å². The first-order chi connectivity index (χ1) is 11.8. The Morgan fingerprint density at radius 2 is 1.96 bits per heavy atom. The Labute approximate surface area is 146 Å². The van der Waals surface area contributed by atoms with E-state index in [4.69, 9.17) is 5.11 Å². The SMILES string of the molecule is CC(C)CCC(=O)N[C@@H](Cc1cccc(F)c1)C(=O)NCC(=O)CO. The number of rotatable bonds is 10. The van der Waals surface area contributed by atoms with Gasteiger partial charge < -0.3 is 15.7 Å². The Bertz CT molecular complexity index is 604. The highest BCUT2D eigenvalue weighted by Gasteiger charge is 2.22. The summed E-state index contributed by atoms with van der Waals surface area (Å²) in [7, 11) is 0. The minimum Gasteiger partial charge on any atom is -0.389 e. The van der Waals surface area contributed by atoms with E-state index >= 15 is 0 Å². The number of aliphatic hydroxyl groups excluding tert-OH is 1. The van der Waals surface area contributed by atoms with Gasteiger partial charge >= 0.3 is 0 Å². The summed E-state index contributed by atoms with van der Waals surface area (Å²) in [5, 5.41) is 13.7. The predicted molar refractivity (Wildman–Crippen MR) is 91.2 cm³/mol. The second-order valence-corrected chi connectivity index (χ2v) is 6.30. The number of carbonyl (C=O) groups is 3. The summed E-state index contributed by atoms with van der Waals surface area (Å²) in [4.78, 5) is 35.5. The Balaban J connectivity index is 2.76. The lowest BCUT2D eigenvalue weighted by atomic mass is 10.0. The maximum Gasteiger partial charge on any atom is 0.243 e. The first kappa shape index (κ1) is 20.8. The normalized spacial score (nSPS) is 11.9. The molecule has 0 aromatic heterocycles. The second kappa shape index (κ2) is 10.6. The van der Waals surface area contributed by atoms with Gasteiger partial charge in [0, 0.05) is 12.8 Å². The summed E-state index contributed by atoms with van der Waals surface area (Å²) in [6.07, 6.45) is 1.06. The fraction of sp³-hybridized carbons (Fsp3) is 0.500. The minimum atomic E-state index is -0.923. The lowest BCUT2D eigenvalue weighted by molar-refractivity contribution is -0.130. The zero-order valence-corrected chi connectivity index (χ0v) is 14.5. The van der Waals surface area contributed by atoms with Gasteiger partial charge in [-0.1, -0.05) is 26.0 Å². The minimum absolute atomic E-state index is 0.102. The molecule has 6 nitrogen and oxygen atoms in total. The van der Waals surface area contributed by atoms with E-state index < -0.39 is 30.2 Å². The van der Waals surface area contributed by atoms with E-state index in [0.29, 0.717) is 17.9 Å². The molecule has 0 aliphatic rings. The molecule has 0 saturated carbocycles. The number of halogens is 1. The van der Waals surface area contributed by atoms with Crippen molar-refractivity contribution in [1.29, 1.82) is 0 Å². The van der Waals surface area contributed by atoms with Gasteiger partial charge in [0.1, 0.15) is 18.5 Å². The second-order valence-electron chi connectivity index (χ2n) is 6.30. The topological polar surface area (TPSA) is 95.5 Å². The van der Waals surface area contributed by atoms with Crippen LogP contribution in [0.1, 0.15) is 32.3 Å². The fourth-order valence-corrected chi connectivity index (χ4v) is 2.16. The number of Topliss-reactive ketones (excluding diaryl/α,β-unsaturated/α-hetero) is 1. The molecule has 0 spiro atoms. The number of ketones is 1. The van der Waals surface area contributed by atoms with Crippen molar-refractivity contribution in [3.8, 4) is 0 Å². The third-order valence-corrected chi connectivity index (χ3v) is 3.57. The highest BCUT2D eigenvalue weighted by Crippen LogP contribution is 2.08. The highest BCUT2D eigenvalue weighted by molar-refractivity contribution is 5.91. The average Bonchev–Trinajstić information content (AvgIpc) is 2.57. The van der Waals surface area contributed by atoms with Crippen LogP contribution in [0.3, 0.4) is 0 Å². The third-order valence-electron chi connectivity index (χ3n) is 3.57. The molecule has 0 aliphatic carbocycles. The van der Waals surface area contributed by atoms with Crippen molar-refractivity contribution in [3.05, 3.63) is 35.6 Å². The smallest absolute Gasteiger partial charge is 0.243 e. The number of nitrogens with one attached hydrogen (secondary N) is 2. The van der Waals surface area contributed by atoms with E-state index in [1.807, 2.05) is 13.8 Å². The summed E-state index contributed by atoms with van der Waals surface area (Å²) in [5.74, 6) is -1.45. The van der Waals surface area contributed by atoms with Crippen molar-refractivity contribution in [2.24, 2.45) is 5.92 Å². The molecule has 1 aromatic carbocycles. The van der Waals surface area contributed by atoms with Crippen LogP contribution in [0.15, 0.2) is 24.3 Å². The molecule has 0 bridgehead atoms. The van der Waals surface area contributed by atoms with Crippen LogP contribution in [0, 0.1) is 11.7 Å². The van der Waals surface area contributed by atoms with Crippen molar-refractivity contribution in [3.63, 3.8) is 0 Å². The number of aliphatic hydroxyl groups is 1. The number of hydrogen-bond donors (Lipinski definition) is 3. The Kier molecular flexibility index (Phi) is 8.77. The quantitative estimate of drug-likeness (QED) is 0.585. The average molecular weight is 352 g/mol. The van der Waals surface area contributed by atoms with Crippen LogP contribution in [0.2, 0.25) is 0 Å². The standard InChI is InChI=1S/C18H25FN2O4/c1-12(2)6-7-17(24)21-16(18(25)20-10-15(23)11-22)9-13-4-3-5-14(19)8-13/h3-5,8,12,16,22H,6-7,9-11H2,1-2H3,(H,20,25)(H,21,24)/t16-/m0/s1. The zero-order valence-electron chi connectivity index (χ0n) is 14.5. The zero-order chi connectivity index (χ0) is 18.8. The number of hydrogen-bond acceptors (Lipinski definition) is 4. The van der Waals surface area contributed by atoms with Gasteiger partial charge in [-0.25, -0.2) is 4.39 Å². The Hall–Kier alpha value is -2.28. The molecule has 1 atom stereocenters. The largest absolute Gasteiger partial charge is 0.389 e. The molecule has 0 saturated heterocycles. The lowest BCUT2D eigenvalue weighted by Crippen LogP contribution is -2.49. The maximum absolute atomic E-state index is 13.3. The molecular weight excluding hydrogens is 327 g/mol. The first-order valence-electron chi connectivity index (χ1n) is 8.26. The predicted octanol–water partition coefficient (Wildman–Crippen LogP) is 0.967. The van der Waals surface area contributed by atoms with Crippen molar-refractivity contribution < 1.29 is 23.9 Å². The van der Waals surface area contributed by atoms with Crippen LogP contribution >= 0.6 is 0 Å². The molecule has 0 radical (unpaired) electrons. The van der Waals surface area contributed by atoms with Crippen molar-refractivity contribution >= 4 is 17.6 Å². The van der Waals surface area contributed by atoms with Crippen LogP contribution in [0.4, 0.5) is 4.39 Å². The van der Waals surface area contributed by atoms with Crippen LogP contribution in [-0.4, -0.2) is 41.9 Å². The maximum atomic E-state index is 13.3. The molecule has 25 heavy (non-hydrogen) atoms. The lowest BCUT2D eigenvalue weighted by Gasteiger charge is -2.19. The summed E-state index contributed by atoms with van der Waals surface area (Å²) in [6.45, 7) is 2.99. The summed E-state index contributed by atoms with van der Waals surface area (Å²) < 4.78 is 13.3. The molecule has 0 unspecified atom stereocenters. The Morgan fingerprint density at radius 1 is 1.24 bits per heavy atom. The van der Waals surface area contributed by atoms with Crippen LogP contribution in [-0.2, 0) is 20.8 Å². The van der Waals surface area contributed by atoms with Gasteiger partial charge in [-0.3, -0.25) is 14.4 Å². The van der Waals surface area contributed by atoms with Crippen molar-refractivity contribution in [2.75, 3.05) is 13.2 Å². The van der Waals surface area contributed by atoms with E-state index in [2.05, 4.69) is 10.6 Å². The fourth-order valence-electron chi connectivity index (χ4n) is 2.16. The number of benzene rings is 1. The van der Waals surface area contributed by atoms with Gasteiger partial charge in [-0.05, 0) is 30.0 Å². The van der Waals surface area contributed by atoms with Crippen molar-refractivity contribution in [2.45, 2.75) is 39.2 Å². The highest BCUT2D eigenvalue weighted by atomic mass is 19.1. The molecule has 0 fully saturated rings. The van der Waals surface area contributed by atoms with Gasteiger partial charge in [0.05, 0.1) is 6.54 Å². The monoisotopic (exact) mass is 352 g/mol. The summed E-state index contributed by atoms with van der Waals surface area (Å²) >= 11 is 0. The summed E-state index contributed by atoms with van der Waals surface area (Å²) in [6, 6.07) is 4.84. The summed E-state index contributed by atoms with van der Waals surface area (Å²) in [5.41, 5.74) is 0.554. The number of carbonyl (C=O) groups excluding carboxylic acids is 3.